The fourth-order valence-electron chi connectivity index (χ4n) is 3.25. The van der Waals surface area contributed by atoms with E-state index < -0.39 is 8.32 Å². The van der Waals surface area contributed by atoms with Crippen LogP contribution in [-0.2, 0) is 4.43 Å². The van der Waals surface area contributed by atoms with Crippen molar-refractivity contribution in [3.8, 4) is 0 Å². The molecule has 3 rings (SSSR count). The third kappa shape index (κ3) is 4.21. The number of hydrogen-bond donors (Lipinski definition) is 0. The summed E-state index contributed by atoms with van der Waals surface area (Å²) in [7, 11) is -1.91. The number of rotatable bonds is 8. The Labute approximate surface area is 151 Å². The summed E-state index contributed by atoms with van der Waals surface area (Å²) < 4.78 is 6.86. The van der Waals surface area contributed by atoms with Crippen LogP contribution in [0.3, 0.4) is 0 Å². The van der Waals surface area contributed by atoms with Crippen LogP contribution in [-0.4, -0.2) is 13.3 Å². The zero-order chi connectivity index (χ0) is 17.0. The first-order chi connectivity index (χ1) is 11.5. The van der Waals surface area contributed by atoms with E-state index in [1.165, 1.54) is 10.5 Å². The van der Waals surface area contributed by atoms with Gasteiger partial charge in [0.1, 0.15) is 4.93 Å². The molecule has 0 bridgehead atoms. The monoisotopic (exact) mass is 354 g/mol. The normalized spacial score (nSPS) is 17.2. The highest BCUT2D eigenvalue weighted by atomic mass is 32.2. The second kappa shape index (κ2) is 7.30. The fraction of sp³-hybridized carbons (Fsp3) is 0.333. The van der Waals surface area contributed by atoms with Gasteiger partial charge in [-0.05, 0) is 50.1 Å². The van der Waals surface area contributed by atoms with E-state index in [2.05, 4.69) is 80.3 Å². The minimum atomic E-state index is -1.91. The van der Waals surface area contributed by atoms with Gasteiger partial charge in [-0.1, -0.05) is 66.4 Å². The van der Waals surface area contributed by atoms with E-state index in [0.717, 1.165) is 19.3 Å². The van der Waals surface area contributed by atoms with E-state index >= 15 is 0 Å². The topological polar surface area (TPSA) is 9.23 Å². The van der Waals surface area contributed by atoms with Gasteiger partial charge in [-0.25, -0.2) is 0 Å². The maximum Gasteiger partial charge on any atom is 0.196 e. The maximum absolute atomic E-state index is 6.86. The predicted molar refractivity (Wildman–Crippen MR) is 107 cm³/mol. The molecule has 0 N–H and O–H groups in total. The lowest BCUT2D eigenvalue weighted by atomic mass is 10.1. The molecule has 3 heteroatoms. The molecule has 1 nitrogen and oxygen atoms in total. The predicted octanol–water partition coefficient (Wildman–Crippen LogP) is 6.39. The molecular weight excluding hydrogens is 328 g/mol. The van der Waals surface area contributed by atoms with E-state index in [4.69, 9.17) is 4.43 Å². The van der Waals surface area contributed by atoms with Crippen molar-refractivity contribution in [1.82, 2.24) is 0 Å². The Morgan fingerprint density at radius 3 is 2.21 bits per heavy atom. The van der Waals surface area contributed by atoms with Crippen LogP contribution < -0.4 is 0 Å². The summed E-state index contributed by atoms with van der Waals surface area (Å²) in [5, 5.41) is 0. The van der Waals surface area contributed by atoms with Gasteiger partial charge in [0.05, 0.1) is 0 Å². The van der Waals surface area contributed by atoms with Gasteiger partial charge in [0.25, 0.3) is 0 Å². The molecular formula is C21H26OSSi. The Morgan fingerprint density at radius 1 is 1.08 bits per heavy atom. The van der Waals surface area contributed by atoms with Crippen molar-refractivity contribution in [3.63, 3.8) is 0 Å². The van der Waals surface area contributed by atoms with Crippen molar-refractivity contribution < 1.29 is 4.43 Å². The van der Waals surface area contributed by atoms with Crippen LogP contribution in [0.15, 0.2) is 78.2 Å². The lowest BCUT2D eigenvalue weighted by molar-refractivity contribution is 0.253. The third-order valence-corrected chi connectivity index (χ3v) is 9.28. The largest absolute Gasteiger partial charge is 0.402 e. The molecule has 1 atom stereocenters. The molecule has 126 valence electrons. The standard InChI is InChI=1S/C21H26OSSi/c1-4-11-20(18-12-7-5-8-13-18)24(2,3)22-21(16-17-21)23-19-14-9-6-10-15-19/h4-10,12-15,20H,1,11,16-17H2,2-3H3. The van der Waals surface area contributed by atoms with Crippen LogP contribution >= 0.6 is 11.8 Å². The zero-order valence-electron chi connectivity index (χ0n) is 14.6. The van der Waals surface area contributed by atoms with Gasteiger partial charge in [-0.15, -0.1) is 6.58 Å². The quantitative estimate of drug-likeness (QED) is 0.308. The number of hydrogen-bond acceptors (Lipinski definition) is 2. The SMILES string of the molecule is C=CCC(c1ccccc1)[Si](C)(C)OC1(Sc2ccccc2)CC1. The Morgan fingerprint density at radius 2 is 1.67 bits per heavy atom. The van der Waals surface area contributed by atoms with Crippen molar-refractivity contribution >= 4 is 20.1 Å². The Kier molecular flexibility index (Phi) is 5.33. The summed E-state index contributed by atoms with van der Waals surface area (Å²) in [4.78, 5) is 1.30. The van der Waals surface area contributed by atoms with Gasteiger partial charge in [-0.2, -0.15) is 0 Å². The average molecular weight is 355 g/mol. The van der Waals surface area contributed by atoms with E-state index in [9.17, 15) is 0 Å². The Balaban J connectivity index is 1.77. The van der Waals surface area contributed by atoms with Crippen molar-refractivity contribution in [1.29, 1.82) is 0 Å². The molecule has 1 unspecified atom stereocenters. The molecule has 2 aromatic rings. The van der Waals surface area contributed by atoms with Crippen LogP contribution in [0.2, 0.25) is 13.1 Å². The molecule has 1 saturated carbocycles. The van der Waals surface area contributed by atoms with Crippen LogP contribution in [0.5, 0.6) is 0 Å². The van der Waals surface area contributed by atoms with Crippen LogP contribution in [0, 0.1) is 0 Å². The van der Waals surface area contributed by atoms with E-state index in [1.54, 1.807) is 0 Å². The fourth-order valence-corrected chi connectivity index (χ4v) is 8.13. The summed E-state index contributed by atoms with van der Waals surface area (Å²) in [5.41, 5.74) is 1.83. The van der Waals surface area contributed by atoms with E-state index in [-0.39, 0.29) is 4.93 Å². The molecule has 1 fully saturated rings. The van der Waals surface area contributed by atoms with Gasteiger partial charge in [0.15, 0.2) is 8.32 Å². The second-order valence-electron chi connectivity index (χ2n) is 7.02. The van der Waals surface area contributed by atoms with Crippen molar-refractivity contribution in [2.45, 2.75) is 47.7 Å². The first-order valence-electron chi connectivity index (χ1n) is 8.65. The number of benzene rings is 2. The minimum Gasteiger partial charge on any atom is -0.402 e. The van der Waals surface area contributed by atoms with Gasteiger partial charge in [0, 0.05) is 10.4 Å². The lowest BCUT2D eigenvalue weighted by Gasteiger charge is -2.36. The molecule has 0 radical (unpaired) electrons. The second-order valence-corrected chi connectivity index (χ2v) is 12.5. The Bertz CT molecular complexity index is 665. The van der Waals surface area contributed by atoms with Gasteiger partial charge < -0.3 is 4.43 Å². The summed E-state index contributed by atoms with van der Waals surface area (Å²) >= 11 is 1.90. The highest BCUT2D eigenvalue weighted by Gasteiger charge is 2.51. The smallest absolute Gasteiger partial charge is 0.196 e. The van der Waals surface area contributed by atoms with Crippen molar-refractivity contribution in [2.75, 3.05) is 0 Å². The van der Waals surface area contributed by atoms with Gasteiger partial charge in [-0.3, -0.25) is 0 Å². The van der Waals surface area contributed by atoms with Crippen molar-refractivity contribution in [2.24, 2.45) is 0 Å². The summed E-state index contributed by atoms with van der Waals surface area (Å²) in [6.07, 6.45) is 5.33. The molecule has 1 aliphatic rings. The number of allylic oxidation sites excluding steroid dienone is 1. The third-order valence-electron chi connectivity index (χ3n) is 4.60. The number of thioether (sulfide) groups is 1. The molecule has 2 aromatic carbocycles. The average Bonchev–Trinajstić information content (AvgIpc) is 3.32. The Hall–Kier alpha value is -1.29. The molecule has 0 amide bonds. The molecule has 0 saturated heterocycles. The zero-order valence-corrected chi connectivity index (χ0v) is 16.4. The van der Waals surface area contributed by atoms with Crippen LogP contribution in [0.4, 0.5) is 0 Å². The van der Waals surface area contributed by atoms with E-state index in [0.29, 0.717) is 5.54 Å². The molecule has 0 spiro atoms. The minimum absolute atomic E-state index is 0.00865. The molecule has 0 aliphatic heterocycles. The highest BCUT2D eigenvalue weighted by Crippen LogP contribution is 2.55. The first kappa shape index (κ1) is 17.5. The highest BCUT2D eigenvalue weighted by molar-refractivity contribution is 8.00. The molecule has 24 heavy (non-hydrogen) atoms. The van der Waals surface area contributed by atoms with Gasteiger partial charge >= 0.3 is 0 Å². The maximum atomic E-state index is 6.86. The van der Waals surface area contributed by atoms with Gasteiger partial charge in [0.2, 0.25) is 0 Å². The van der Waals surface area contributed by atoms with Crippen molar-refractivity contribution in [3.05, 3.63) is 78.9 Å². The van der Waals surface area contributed by atoms with Crippen LogP contribution in [0.25, 0.3) is 0 Å². The first-order valence-corrected chi connectivity index (χ1v) is 12.4. The summed E-state index contributed by atoms with van der Waals surface area (Å²) in [6.45, 7) is 8.70. The summed E-state index contributed by atoms with van der Waals surface area (Å²) in [6, 6.07) is 21.4. The van der Waals surface area contributed by atoms with E-state index in [1.807, 2.05) is 17.8 Å². The van der Waals surface area contributed by atoms with Crippen LogP contribution in [0.1, 0.15) is 30.4 Å². The molecule has 0 heterocycles. The molecule has 0 aromatic heterocycles. The summed E-state index contributed by atoms with van der Waals surface area (Å²) in [5.74, 6) is 0. The molecule has 1 aliphatic carbocycles. The lowest BCUT2D eigenvalue weighted by Crippen LogP contribution is -2.42.